The van der Waals surface area contributed by atoms with Gasteiger partial charge in [0.1, 0.15) is 17.7 Å². The average molecular weight is 485 g/mol. The van der Waals surface area contributed by atoms with E-state index in [4.69, 9.17) is 4.74 Å². The molecule has 12 heteroatoms. The Morgan fingerprint density at radius 3 is 2.74 bits per heavy atom. The zero-order chi connectivity index (χ0) is 24.0. The first-order valence-corrected chi connectivity index (χ1v) is 11.8. The van der Waals surface area contributed by atoms with Crippen molar-refractivity contribution in [3.05, 3.63) is 39.9 Å². The lowest BCUT2D eigenvalue weighted by atomic mass is 9.98. The van der Waals surface area contributed by atoms with Crippen molar-refractivity contribution in [1.82, 2.24) is 24.2 Å². The van der Waals surface area contributed by atoms with Crippen LogP contribution in [0.1, 0.15) is 35.7 Å². The number of carbonyl (C=O) groups excluding carboxylic acids is 1. The maximum atomic E-state index is 12.9. The second kappa shape index (κ2) is 8.44. The molecular weight excluding hydrogens is 460 g/mol. The van der Waals surface area contributed by atoms with Crippen LogP contribution in [0, 0.1) is 12.8 Å². The Morgan fingerprint density at radius 1 is 1.35 bits per heavy atom. The molecule has 0 aromatic carbocycles. The molecule has 0 spiro atoms. The third-order valence-corrected chi connectivity index (χ3v) is 6.99. The first-order chi connectivity index (χ1) is 16.3. The highest BCUT2D eigenvalue weighted by atomic mass is 32.1. The van der Waals surface area contributed by atoms with Crippen molar-refractivity contribution in [1.29, 1.82) is 0 Å². The van der Waals surface area contributed by atoms with Crippen LogP contribution in [0.25, 0.3) is 16.2 Å². The molecule has 4 heterocycles. The fraction of sp³-hybridized carbons (Fsp3) is 0.455. The first-order valence-electron chi connectivity index (χ1n) is 11.0. The fourth-order valence-electron chi connectivity index (χ4n) is 4.16. The number of nitrogens with one attached hydrogen (secondary N) is 1. The first kappa shape index (κ1) is 22.4. The SMILES string of the molecule is CCOCC1(NC(=O)C2CN(c3cc(C)c4c(=O)c(C(=O)O)cn(-c5ncns5)c4n3)C2)CC1. The maximum Gasteiger partial charge on any atom is 0.341 e. The molecule has 1 saturated carbocycles. The van der Waals surface area contributed by atoms with Gasteiger partial charge in [0.15, 0.2) is 5.65 Å². The molecular formula is C22H24N6O5S. The zero-order valence-corrected chi connectivity index (χ0v) is 19.6. The van der Waals surface area contributed by atoms with Gasteiger partial charge in [-0.25, -0.2) is 14.8 Å². The number of aromatic nitrogens is 4. The number of ether oxygens (including phenoxy) is 1. The van der Waals surface area contributed by atoms with E-state index in [1.807, 2.05) is 11.8 Å². The summed E-state index contributed by atoms with van der Waals surface area (Å²) in [6, 6.07) is 1.76. The molecule has 11 nitrogen and oxygen atoms in total. The summed E-state index contributed by atoms with van der Waals surface area (Å²) in [6.07, 6.45) is 4.46. The molecule has 3 aromatic heterocycles. The van der Waals surface area contributed by atoms with Crippen LogP contribution in [0.2, 0.25) is 0 Å². The number of aryl methyl sites for hydroxylation is 1. The van der Waals surface area contributed by atoms with Crippen molar-refractivity contribution >= 4 is 40.3 Å². The van der Waals surface area contributed by atoms with Crippen molar-refractivity contribution < 1.29 is 19.4 Å². The quantitative estimate of drug-likeness (QED) is 0.485. The second-order valence-electron chi connectivity index (χ2n) is 8.78. The van der Waals surface area contributed by atoms with Crippen LogP contribution in [0.15, 0.2) is 23.4 Å². The molecule has 0 atom stereocenters. The molecule has 1 saturated heterocycles. The Kier molecular flexibility index (Phi) is 5.56. The highest BCUT2D eigenvalue weighted by Gasteiger charge is 2.46. The Hall–Kier alpha value is -3.38. The number of hydrogen-bond acceptors (Lipinski definition) is 9. The van der Waals surface area contributed by atoms with E-state index >= 15 is 0 Å². The standard InChI is InChI=1S/C22H24N6O5S/c1-3-33-10-22(4-5-22)26-19(30)13-7-27(8-13)15-6-12(2)16-17(29)14(20(31)32)9-28(18(16)25-15)21-23-11-24-34-21/h6,9,11,13H,3-5,7-8,10H2,1-2H3,(H,26,30)(H,31,32). The van der Waals surface area contributed by atoms with Crippen molar-refractivity contribution in [2.24, 2.45) is 5.92 Å². The minimum Gasteiger partial charge on any atom is -0.477 e. The molecule has 1 amide bonds. The van der Waals surface area contributed by atoms with Crippen molar-refractivity contribution in [3.8, 4) is 5.13 Å². The number of aromatic carboxylic acids is 1. The van der Waals surface area contributed by atoms with Gasteiger partial charge < -0.3 is 20.1 Å². The smallest absolute Gasteiger partial charge is 0.341 e. The van der Waals surface area contributed by atoms with Crippen LogP contribution < -0.4 is 15.6 Å². The Bertz CT molecular complexity index is 1330. The van der Waals surface area contributed by atoms with E-state index in [-0.39, 0.29) is 28.3 Å². The molecule has 2 N–H and O–H groups in total. The molecule has 1 aliphatic heterocycles. The number of pyridine rings is 2. The summed E-state index contributed by atoms with van der Waals surface area (Å²) in [6.45, 7) is 5.86. The number of anilines is 1. The maximum absolute atomic E-state index is 12.9. The fourth-order valence-corrected chi connectivity index (χ4v) is 4.67. The van der Waals surface area contributed by atoms with Gasteiger partial charge in [-0.1, -0.05) is 0 Å². The van der Waals surface area contributed by atoms with E-state index in [1.165, 1.54) is 17.1 Å². The van der Waals surface area contributed by atoms with Gasteiger partial charge in [0, 0.05) is 37.4 Å². The summed E-state index contributed by atoms with van der Waals surface area (Å²) in [5.41, 5.74) is -0.256. The molecule has 3 aromatic rings. The average Bonchev–Trinajstić information content (AvgIpc) is 3.29. The number of hydrogen-bond donors (Lipinski definition) is 2. The molecule has 178 valence electrons. The van der Waals surface area contributed by atoms with Gasteiger partial charge in [-0.05, 0) is 38.3 Å². The molecule has 2 fully saturated rings. The summed E-state index contributed by atoms with van der Waals surface area (Å²) in [5.74, 6) is -0.840. The predicted molar refractivity (Wildman–Crippen MR) is 125 cm³/mol. The van der Waals surface area contributed by atoms with Crippen molar-refractivity contribution in [3.63, 3.8) is 0 Å². The summed E-state index contributed by atoms with van der Waals surface area (Å²) in [4.78, 5) is 48.1. The van der Waals surface area contributed by atoms with E-state index in [2.05, 4.69) is 19.7 Å². The van der Waals surface area contributed by atoms with Crippen LogP contribution in [0.5, 0.6) is 0 Å². The van der Waals surface area contributed by atoms with Gasteiger partial charge in [-0.2, -0.15) is 4.37 Å². The molecule has 0 bridgehead atoms. The lowest BCUT2D eigenvalue weighted by molar-refractivity contribution is -0.127. The van der Waals surface area contributed by atoms with Crippen molar-refractivity contribution in [2.45, 2.75) is 32.2 Å². The van der Waals surface area contributed by atoms with Crippen LogP contribution in [0.3, 0.4) is 0 Å². The predicted octanol–water partition coefficient (Wildman–Crippen LogP) is 1.37. The van der Waals surface area contributed by atoms with Crippen LogP contribution in [-0.2, 0) is 9.53 Å². The third-order valence-electron chi connectivity index (χ3n) is 6.33. The van der Waals surface area contributed by atoms with Crippen molar-refractivity contribution in [2.75, 3.05) is 31.2 Å². The summed E-state index contributed by atoms with van der Waals surface area (Å²) >= 11 is 1.07. The highest BCUT2D eigenvalue weighted by molar-refractivity contribution is 7.08. The number of carboxylic acids is 1. The molecule has 1 aliphatic carbocycles. The molecule has 34 heavy (non-hydrogen) atoms. The molecule has 2 aliphatic rings. The van der Waals surface area contributed by atoms with E-state index in [0.29, 0.717) is 48.5 Å². The lowest BCUT2D eigenvalue weighted by Crippen LogP contribution is -2.56. The summed E-state index contributed by atoms with van der Waals surface area (Å²) in [7, 11) is 0. The van der Waals surface area contributed by atoms with Gasteiger partial charge in [0.2, 0.25) is 16.5 Å². The van der Waals surface area contributed by atoms with Gasteiger partial charge in [0.25, 0.3) is 0 Å². The number of carbonyl (C=O) groups is 2. The number of nitrogens with zero attached hydrogens (tertiary/aromatic N) is 5. The summed E-state index contributed by atoms with van der Waals surface area (Å²) in [5, 5.41) is 13.3. The van der Waals surface area contributed by atoms with Crippen LogP contribution in [-0.4, -0.2) is 67.7 Å². The molecule has 0 radical (unpaired) electrons. The Morgan fingerprint density at radius 2 is 2.12 bits per heavy atom. The van der Waals surface area contributed by atoms with Crippen LogP contribution in [0.4, 0.5) is 5.82 Å². The van der Waals surface area contributed by atoms with Gasteiger partial charge in [-0.15, -0.1) is 0 Å². The van der Waals surface area contributed by atoms with E-state index < -0.39 is 11.4 Å². The molecule has 0 unspecified atom stereocenters. The van der Waals surface area contributed by atoms with E-state index in [9.17, 15) is 19.5 Å². The number of carboxylic acid groups (broad SMARTS) is 1. The highest BCUT2D eigenvalue weighted by Crippen LogP contribution is 2.36. The number of rotatable bonds is 8. The Balaban J connectivity index is 1.42. The third kappa shape index (κ3) is 3.92. The largest absolute Gasteiger partial charge is 0.477 e. The number of fused-ring (bicyclic) bond motifs is 1. The van der Waals surface area contributed by atoms with Gasteiger partial charge in [0.05, 0.1) is 23.4 Å². The number of amides is 1. The van der Waals surface area contributed by atoms with E-state index in [1.54, 1.807) is 13.0 Å². The Labute approximate surface area is 198 Å². The zero-order valence-electron chi connectivity index (χ0n) is 18.8. The monoisotopic (exact) mass is 484 g/mol. The lowest BCUT2D eigenvalue weighted by Gasteiger charge is -2.40. The normalized spacial score (nSPS) is 16.9. The topological polar surface area (TPSA) is 140 Å². The van der Waals surface area contributed by atoms with Gasteiger partial charge >= 0.3 is 5.97 Å². The molecule has 5 rings (SSSR count). The summed E-state index contributed by atoms with van der Waals surface area (Å²) < 4.78 is 11.0. The minimum absolute atomic E-state index is 0.0165. The van der Waals surface area contributed by atoms with E-state index in [0.717, 1.165) is 24.4 Å². The second-order valence-corrected chi connectivity index (χ2v) is 9.53. The minimum atomic E-state index is -1.32. The van der Waals surface area contributed by atoms with Gasteiger partial charge in [-0.3, -0.25) is 14.2 Å². The van der Waals surface area contributed by atoms with Crippen LogP contribution >= 0.6 is 11.5 Å².